The first-order valence-corrected chi connectivity index (χ1v) is 9.19. The van der Waals surface area contributed by atoms with E-state index in [1.165, 1.54) is 36.1 Å². The maximum Gasteiger partial charge on any atom is 0.340 e. The van der Waals surface area contributed by atoms with Crippen molar-refractivity contribution in [1.82, 2.24) is 0 Å². The second-order valence-corrected chi connectivity index (χ2v) is 7.06. The highest BCUT2D eigenvalue weighted by atomic mass is 32.1. The molecular weight excluding hydrogens is 356 g/mol. The van der Waals surface area contributed by atoms with Gasteiger partial charge in [0.15, 0.2) is 6.10 Å². The number of esters is 1. The molecule has 0 saturated heterocycles. The van der Waals surface area contributed by atoms with Gasteiger partial charge in [-0.05, 0) is 50.3 Å². The van der Waals surface area contributed by atoms with E-state index in [1.807, 2.05) is 0 Å². The minimum atomic E-state index is -0.975. The van der Waals surface area contributed by atoms with Gasteiger partial charge in [-0.3, -0.25) is 14.9 Å². The van der Waals surface area contributed by atoms with Gasteiger partial charge in [-0.1, -0.05) is 0 Å². The minimum Gasteiger partial charge on any atom is -0.449 e. The molecule has 8 heteroatoms. The van der Waals surface area contributed by atoms with E-state index in [0.29, 0.717) is 11.3 Å². The van der Waals surface area contributed by atoms with Gasteiger partial charge >= 0.3 is 5.97 Å². The van der Waals surface area contributed by atoms with E-state index in [1.54, 1.807) is 16.7 Å². The number of nitro benzene ring substituents is 1. The third kappa shape index (κ3) is 3.91. The van der Waals surface area contributed by atoms with Crippen molar-refractivity contribution < 1.29 is 19.2 Å². The van der Waals surface area contributed by atoms with Crippen molar-refractivity contribution in [2.24, 2.45) is 0 Å². The molecule has 26 heavy (non-hydrogen) atoms. The van der Waals surface area contributed by atoms with E-state index in [0.717, 1.165) is 31.2 Å². The number of amides is 1. The van der Waals surface area contributed by atoms with Crippen LogP contribution >= 0.6 is 11.3 Å². The van der Waals surface area contributed by atoms with Gasteiger partial charge in [0.2, 0.25) is 0 Å². The van der Waals surface area contributed by atoms with Gasteiger partial charge in [0.25, 0.3) is 11.6 Å². The van der Waals surface area contributed by atoms with E-state index in [9.17, 15) is 19.7 Å². The summed E-state index contributed by atoms with van der Waals surface area (Å²) in [5, 5.41) is 15.0. The Bertz CT molecular complexity index is 844. The normalized spacial score (nSPS) is 14.2. The number of fused-ring (bicyclic) bond motifs is 1. The number of thiophene rings is 1. The average Bonchev–Trinajstić information content (AvgIpc) is 3.06. The van der Waals surface area contributed by atoms with Crippen molar-refractivity contribution in [3.63, 3.8) is 0 Å². The van der Waals surface area contributed by atoms with E-state index in [-0.39, 0.29) is 5.69 Å². The van der Waals surface area contributed by atoms with Crippen LogP contribution in [0.1, 0.15) is 40.6 Å². The number of aryl methyl sites for hydroxylation is 1. The summed E-state index contributed by atoms with van der Waals surface area (Å²) in [6.45, 7) is 1.50. The van der Waals surface area contributed by atoms with E-state index >= 15 is 0 Å². The number of rotatable bonds is 5. The molecule has 0 aliphatic heterocycles. The number of nitrogens with one attached hydrogen (secondary N) is 1. The largest absolute Gasteiger partial charge is 0.449 e. The summed E-state index contributed by atoms with van der Waals surface area (Å²) in [5.74, 6) is -0.980. The Morgan fingerprint density at radius 2 is 1.92 bits per heavy atom. The zero-order valence-corrected chi connectivity index (χ0v) is 15.0. The van der Waals surface area contributed by atoms with Gasteiger partial charge in [0, 0.05) is 28.1 Å². The van der Waals surface area contributed by atoms with Crippen LogP contribution < -0.4 is 5.32 Å². The molecule has 2 aromatic rings. The summed E-state index contributed by atoms with van der Waals surface area (Å²) < 4.78 is 5.30. The highest BCUT2D eigenvalue weighted by molar-refractivity contribution is 7.10. The number of anilines is 1. The molecule has 1 aromatic carbocycles. The molecule has 0 radical (unpaired) electrons. The van der Waals surface area contributed by atoms with Crippen LogP contribution in [-0.4, -0.2) is 22.9 Å². The Morgan fingerprint density at radius 1 is 1.23 bits per heavy atom. The SMILES string of the molecule is CC(OC(=O)c1csc2c1CCCC2)C(=O)Nc1ccc([N+](=O)[O-])cc1. The van der Waals surface area contributed by atoms with E-state index in [4.69, 9.17) is 4.74 Å². The lowest BCUT2D eigenvalue weighted by molar-refractivity contribution is -0.384. The summed E-state index contributed by atoms with van der Waals surface area (Å²) in [6, 6.07) is 5.45. The fourth-order valence-electron chi connectivity index (χ4n) is 2.85. The molecule has 7 nitrogen and oxygen atoms in total. The summed E-state index contributed by atoms with van der Waals surface area (Å²) in [6.07, 6.45) is 3.07. The molecule has 1 N–H and O–H groups in total. The van der Waals surface area contributed by atoms with Crippen LogP contribution in [0.2, 0.25) is 0 Å². The molecule has 1 aliphatic carbocycles. The fourth-order valence-corrected chi connectivity index (χ4v) is 3.97. The van der Waals surface area contributed by atoms with Crippen LogP contribution in [0.5, 0.6) is 0 Å². The predicted molar refractivity (Wildman–Crippen MR) is 97.6 cm³/mol. The van der Waals surface area contributed by atoms with Gasteiger partial charge in [-0.25, -0.2) is 4.79 Å². The van der Waals surface area contributed by atoms with Crippen molar-refractivity contribution in [2.45, 2.75) is 38.7 Å². The van der Waals surface area contributed by atoms with Crippen molar-refractivity contribution >= 4 is 34.6 Å². The van der Waals surface area contributed by atoms with Crippen LogP contribution in [-0.2, 0) is 22.4 Å². The van der Waals surface area contributed by atoms with Gasteiger partial charge in [-0.2, -0.15) is 0 Å². The molecule has 1 aromatic heterocycles. The Balaban J connectivity index is 1.61. The molecule has 0 bridgehead atoms. The smallest absolute Gasteiger partial charge is 0.340 e. The summed E-state index contributed by atoms with van der Waals surface area (Å²) in [5.41, 5.74) is 1.94. The lowest BCUT2D eigenvalue weighted by Gasteiger charge is -2.15. The Morgan fingerprint density at radius 3 is 2.62 bits per heavy atom. The lowest BCUT2D eigenvalue weighted by atomic mass is 9.96. The monoisotopic (exact) mass is 374 g/mol. The van der Waals surface area contributed by atoms with Crippen LogP contribution in [0, 0.1) is 10.1 Å². The number of hydrogen-bond acceptors (Lipinski definition) is 6. The van der Waals surface area contributed by atoms with E-state index < -0.39 is 22.9 Å². The number of benzene rings is 1. The fraction of sp³-hybridized carbons (Fsp3) is 0.333. The van der Waals surface area contributed by atoms with Crippen molar-refractivity contribution in [3.05, 3.63) is 55.8 Å². The number of nitro groups is 1. The number of non-ortho nitro benzene ring substituents is 1. The van der Waals surface area contributed by atoms with Crippen LogP contribution in [0.25, 0.3) is 0 Å². The number of nitrogens with zero attached hydrogens (tertiary/aromatic N) is 1. The molecule has 3 rings (SSSR count). The van der Waals surface area contributed by atoms with Gasteiger partial charge < -0.3 is 10.1 Å². The number of ether oxygens (including phenoxy) is 1. The number of hydrogen-bond donors (Lipinski definition) is 1. The van der Waals surface area contributed by atoms with Crippen molar-refractivity contribution in [1.29, 1.82) is 0 Å². The quantitative estimate of drug-likeness (QED) is 0.488. The maximum absolute atomic E-state index is 12.4. The minimum absolute atomic E-state index is 0.0651. The topological polar surface area (TPSA) is 98.5 Å². The van der Waals surface area contributed by atoms with Crippen molar-refractivity contribution in [2.75, 3.05) is 5.32 Å². The first-order valence-electron chi connectivity index (χ1n) is 8.31. The Labute approximate surface area is 154 Å². The Kier molecular flexibility index (Phi) is 5.32. The zero-order valence-electron chi connectivity index (χ0n) is 14.2. The van der Waals surface area contributed by atoms with E-state index in [2.05, 4.69) is 5.32 Å². The first kappa shape index (κ1) is 18.1. The molecule has 1 aliphatic rings. The molecular formula is C18H18N2O5S. The second-order valence-electron chi connectivity index (χ2n) is 6.10. The highest BCUT2D eigenvalue weighted by Gasteiger charge is 2.24. The second kappa shape index (κ2) is 7.65. The third-order valence-electron chi connectivity index (χ3n) is 4.28. The van der Waals surface area contributed by atoms with Gasteiger partial charge in [0.1, 0.15) is 0 Å². The molecule has 0 fully saturated rings. The highest BCUT2D eigenvalue weighted by Crippen LogP contribution is 2.30. The molecule has 136 valence electrons. The standard InChI is InChI=1S/C18H18N2O5S/c1-11(17(21)19-12-6-8-13(9-7-12)20(23)24)25-18(22)15-10-26-16-5-3-2-4-14(15)16/h6-11H,2-5H2,1H3,(H,19,21). The third-order valence-corrected chi connectivity index (χ3v) is 5.37. The van der Waals surface area contributed by atoms with Crippen LogP contribution in [0.3, 0.4) is 0 Å². The number of carbonyl (C=O) groups is 2. The van der Waals surface area contributed by atoms with Crippen molar-refractivity contribution in [3.8, 4) is 0 Å². The summed E-state index contributed by atoms with van der Waals surface area (Å²) in [7, 11) is 0. The van der Waals surface area contributed by atoms with Crippen LogP contribution in [0.15, 0.2) is 29.6 Å². The molecule has 1 heterocycles. The lowest BCUT2D eigenvalue weighted by Crippen LogP contribution is -2.30. The summed E-state index contributed by atoms with van der Waals surface area (Å²) in [4.78, 5) is 36.0. The molecule has 0 saturated carbocycles. The molecule has 1 amide bonds. The zero-order chi connectivity index (χ0) is 18.7. The molecule has 0 spiro atoms. The Hall–Kier alpha value is -2.74. The van der Waals surface area contributed by atoms with Gasteiger partial charge in [0.05, 0.1) is 10.5 Å². The maximum atomic E-state index is 12.4. The summed E-state index contributed by atoms with van der Waals surface area (Å²) >= 11 is 1.57. The molecule has 1 atom stereocenters. The number of carbonyl (C=O) groups excluding carboxylic acids is 2. The molecule has 1 unspecified atom stereocenters. The first-order chi connectivity index (χ1) is 12.5. The van der Waals surface area contributed by atoms with Gasteiger partial charge in [-0.15, -0.1) is 11.3 Å². The van der Waals surface area contributed by atoms with Crippen LogP contribution in [0.4, 0.5) is 11.4 Å². The predicted octanol–water partition coefficient (Wildman–Crippen LogP) is 3.72. The average molecular weight is 374 g/mol.